The first kappa shape index (κ1) is 32.4. The van der Waals surface area contributed by atoms with E-state index in [-0.39, 0.29) is 24.5 Å². The molecule has 38 heavy (non-hydrogen) atoms. The molecule has 0 saturated carbocycles. The van der Waals surface area contributed by atoms with Crippen molar-refractivity contribution in [1.29, 1.82) is 0 Å². The molecule has 1 rings (SSSR count). The van der Waals surface area contributed by atoms with Gasteiger partial charge in [0.25, 0.3) is 0 Å². The molecule has 1 aromatic rings. The number of hydrogen-bond donors (Lipinski definition) is 7. The Hall–Kier alpha value is -3.67. The standard InChI is InChI=1S/C26H40N4O8/c1-5-14(3)21(27)24(35)29-19(13-16-7-9-17(31)10-8-16)23(34)30-22(15(4)6-2)25(36)28-18(26(37)38)11-12-20(32)33/h7-10,14-15,18-19,21-22,31H,5-6,11-13,27H2,1-4H3,(H,28,36)(H,29,35)(H,30,34)(H,32,33)(H,37,38). The van der Waals surface area contributed by atoms with Gasteiger partial charge in [-0.3, -0.25) is 19.2 Å². The maximum Gasteiger partial charge on any atom is 0.326 e. The minimum absolute atomic E-state index is 0.0296. The van der Waals surface area contributed by atoms with E-state index in [0.29, 0.717) is 18.4 Å². The number of amides is 3. The molecule has 0 aromatic heterocycles. The van der Waals surface area contributed by atoms with Crippen LogP contribution in [0.15, 0.2) is 24.3 Å². The highest BCUT2D eigenvalue weighted by atomic mass is 16.4. The molecule has 0 radical (unpaired) electrons. The Bertz CT molecular complexity index is 968. The summed E-state index contributed by atoms with van der Waals surface area (Å²) in [5.74, 6) is -5.14. The average molecular weight is 537 g/mol. The van der Waals surface area contributed by atoms with Gasteiger partial charge in [0.05, 0.1) is 6.04 Å². The first-order chi connectivity index (χ1) is 17.8. The number of carboxylic acids is 2. The Balaban J connectivity index is 3.17. The van der Waals surface area contributed by atoms with Crippen molar-refractivity contribution < 1.29 is 39.3 Å². The number of nitrogens with one attached hydrogen (secondary N) is 3. The van der Waals surface area contributed by atoms with Crippen molar-refractivity contribution in [2.24, 2.45) is 17.6 Å². The fourth-order valence-corrected chi connectivity index (χ4v) is 3.60. The topological polar surface area (TPSA) is 208 Å². The molecule has 8 N–H and O–H groups in total. The monoisotopic (exact) mass is 536 g/mol. The molecular formula is C26H40N4O8. The first-order valence-corrected chi connectivity index (χ1v) is 12.7. The van der Waals surface area contributed by atoms with Crippen LogP contribution in [0.5, 0.6) is 5.75 Å². The summed E-state index contributed by atoms with van der Waals surface area (Å²) >= 11 is 0. The SMILES string of the molecule is CCC(C)C(N)C(=O)NC(Cc1ccc(O)cc1)C(=O)NC(C(=O)NC(CCC(=O)O)C(=O)O)C(C)CC. The number of carboxylic acid groups (broad SMARTS) is 2. The van der Waals surface area contributed by atoms with E-state index in [0.717, 1.165) is 0 Å². The van der Waals surface area contributed by atoms with Gasteiger partial charge in [-0.1, -0.05) is 52.7 Å². The molecule has 12 heteroatoms. The van der Waals surface area contributed by atoms with Crippen LogP contribution in [0.4, 0.5) is 0 Å². The molecule has 0 bridgehead atoms. The molecule has 0 aliphatic heterocycles. The first-order valence-electron chi connectivity index (χ1n) is 12.7. The van der Waals surface area contributed by atoms with E-state index in [1.807, 2.05) is 13.8 Å². The number of benzene rings is 1. The largest absolute Gasteiger partial charge is 0.508 e. The summed E-state index contributed by atoms with van der Waals surface area (Å²) in [7, 11) is 0. The van der Waals surface area contributed by atoms with Gasteiger partial charge < -0.3 is 37.0 Å². The minimum Gasteiger partial charge on any atom is -0.508 e. The number of nitrogens with two attached hydrogens (primary N) is 1. The van der Waals surface area contributed by atoms with Gasteiger partial charge in [0.15, 0.2) is 0 Å². The molecular weight excluding hydrogens is 496 g/mol. The van der Waals surface area contributed by atoms with Gasteiger partial charge in [0.2, 0.25) is 17.7 Å². The summed E-state index contributed by atoms with van der Waals surface area (Å²) in [6.45, 7) is 7.18. The summed E-state index contributed by atoms with van der Waals surface area (Å²) in [6.07, 6.45) is 0.348. The van der Waals surface area contributed by atoms with Gasteiger partial charge in [0.1, 0.15) is 23.9 Å². The summed E-state index contributed by atoms with van der Waals surface area (Å²) in [6, 6.07) is 1.47. The molecule has 0 spiro atoms. The normalized spacial score (nSPS) is 15.7. The molecule has 0 saturated heterocycles. The van der Waals surface area contributed by atoms with Crippen molar-refractivity contribution >= 4 is 29.7 Å². The van der Waals surface area contributed by atoms with Crippen LogP contribution in [-0.2, 0) is 30.4 Å². The summed E-state index contributed by atoms with van der Waals surface area (Å²) < 4.78 is 0. The van der Waals surface area contributed by atoms with E-state index in [4.69, 9.17) is 10.8 Å². The van der Waals surface area contributed by atoms with Crippen molar-refractivity contribution in [2.45, 2.75) is 84.0 Å². The van der Waals surface area contributed by atoms with Crippen molar-refractivity contribution in [3.63, 3.8) is 0 Å². The van der Waals surface area contributed by atoms with Gasteiger partial charge in [-0.25, -0.2) is 4.79 Å². The number of aromatic hydroxyl groups is 1. The van der Waals surface area contributed by atoms with Gasteiger partial charge >= 0.3 is 11.9 Å². The number of phenolic OH excluding ortho intramolecular Hbond substituents is 1. The van der Waals surface area contributed by atoms with E-state index in [9.17, 15) is 34.2 Å². The highest BCUT2D eigenvalue weighted by molar-refractivity contribution is 5.94. The second kappa shape index (κ2) is 15.6. The molecule has 1 aromatic carbocycles. The third kappa shape index (κ3) is 10.4. The third-order valence-electron chi connectivity index (χ3n) is 6.62. The lowest BCUT2D eigenvalue weighted by Crippen LogP contribution is -2.59. The zero-order valence-electron chi connectivity index (χ0n) is 22.3. The molecule has 0 aliphatic rings. The van der Waals surface area contributed by atoms with Crippen molar-refractivity contribution in [1.82, 2.24) is 16.0 Å². The highest BCUT2D eigenvalue weighted by Gasteiger charge is 2.33. The van der Waals surface area contributed by atoms with Crippen molar-refractivity contribution in [2.75, 3.05) is 0 Å². The minimum atomic E-state index is -1.46. The van der Waals surface area contributed by atoms with Crippen LogP contribution in [0.2, 0.25) is 0 Å². The highest BCUT2D eigenvalue weighted by Crippen LogP contribution is 2.14. The second-order valence-corrected chi connectivity index (χ2v) is 9.55. The van der Waals surface area contributed by atoms with Crippen LogP contribution in [-0.4, -0.2) is 69.1 Å². The maximum absolute atomic E-state index is 13.4. The maximum atomic E-state index is 13.4. The van der Waals surface area contributed by atoms with E-state index >= 15 is 0 Å². The fourth-order valence-electron chi connectivity index (χ4n) is 3.60. The van der Waals surface area contributed by atoms with Crippen LogP contribution in [0.25, 0.3) is 0 Å². The Morgan fingerprint density at radius 3 is 1.87 bits per heavy atom. The molecule has 12 nitrogen and oxygen atoms in total. The quantitative estimate of drug-likeness (QED) is 0.159. The van der Waals surface area contributed by atoms with Crippen LogP contribution in [0.1, 0.15) is 58.9 Å². The van der Waals surface area contributed by atoms with Gasteiger partial charge in [-0.15, -0.1) is 0 Å². The number of hydrogen-bond acceptors (Lipinski definition) is 7. The second-order valence-electron chi connectivity index (χ2n) is 9.55. The summed E-state index contributed by atoms with van der Waals surface area (Å²) in [5.41, 5.74) is 6.68. The van der Waals surface area contributed by atoms with Gasteiger partial charge in [-0.2, -0.15) is 0 Å². The van der Waals surface area contributed by atoms with Gasteiger partial charge in [0, 0.05) is 12.8 Å². The molecule has 0 heterocycles. The zero-order valence-corrected chi connectivity index (χ0v) is 22.3. The number of carbonyl (C=O) groups excluding carboxylic acids is 3. The lowest BCUT2D eigenvalue weighted by molar-refractivity contribution is -0.143. The smallest absolute Gasteiger partial charge is 0.326 e. The van der Waals surface area contributed by atoms with Crippen LogP contribution >= 0.6 is 0 Å². The zero-order chi connectivity index (χ0) is 29.0. The average Bonchev–Trinajstić information content (AvgIpc) is 2.88. The fraction of sp³-hybridized carbons (Fsp3) is 0.577. The van der Waals surface area contributed by atoms with Crippen LogP contribution in [0.3, 0.4) is 0 Å². The molecule has 0 fully saturated rings. The Kier molecular flexibility index (Phi) is 13.2. The Morgan fingerprint density at radius 1 is 0.816 bits per heavy atom. The molecule has 0 aliphatic carbocycles. The summed E-state index contributed by atoms with van der Waals surface area (Å²) in [4.78, 5) is 61.7. The lowest BCUT2D eigenvalue weighted by atomic mass is 9.96. The summed E-state index contributed by atoms with van der Waals surface area (Å²) in [5, 5.41) is 35.5. The predicted molar refractivity (Wildman–Crippen MR) is 139 cm³/mol. The van der Waals surface area contributed by atoms with E-state index in [1.165, 1.54) is 12.1 Å². The van der Waals surface area contributed by atoms with Crippen LogP contribution < -0.4 is 21.7 Å². The molecule has 212 valence electrons. The number of aliphatic carboxylic acids is 2. The van der Waals surface area contributed by atoms with Crippen molar-refractivity contribution in [3.05, 3.63) is 29.8 Å². The van der Waals surface area contributed by atoms with Gasteiger partial charge in [-0.05, 0) is 36.0 Å². The van der Waals surface area contributed by atoms with Crippen LogP contribution in [0, 0.1) is 11.8 Å². The molecule has 6 unspecified atom stereocenters. The third-order valence-corrected chi connectivity index (χ3v) is 6.62. The Morgan fingerprint density at radius 2 is 1.37 bits per heavy atom. The number of rotatable bonds is 16. The number of carbonyl (C=O) groups is 5. The van der Waals surface area contributed by atoms with Crippen molar-refractivity contribution in [3.8, 4) is 5.75 Å². The predicted octanol–water partition coefficient (Wildman–Crippen LogP) is 0.758. The molecule has 6 atom stereocenters. The van der Waals surface area contributed by atoms with E-state index in [2.05, 4.69) is 16.0 Å². The molecule has 3 amide bonds. The van der Waals surface area contributed by atoms with E-state index in [1.54, 1.807) is 26.0 Å². The number of phenols is 1. The van der Waals surface area contributed by atoms with E-state index < -0.39 is 66.2 Å². The lowest BCUT2D eigenvalue weighted by Gasteiger charge is -2.28. The Labute approximate surface area is 222 Å².